The number of para-hydroxylation sites is 1. The molecule has 14 heteroatoms. The van der Waals surface area contributed by atoms with Gasteiger partial charge < -0.3 is 26.8 Å². The number of anilines is 1. The van der Waals surface area contributed by atoms with E-state index in [1.165, 1.54) is 29.2 Å². The number of hydrogen-bond donors (Lipinski definition) is 6. The normalized spacial score (nSPS) is 16.8. The number of rotatable bonds is 15. The largest absolute Gasteiger partial charge is 0.481 e. The molecule has 0 saturated heterocycles. The zero-order valence-corrected chi connectivity index (χ0v) is 28.7. The van der Waals surface area contributed by atoms with E-state index in [0.717, 1.165) is 5.56 Å². The Balaban J connectivity index is 1.86. The lowest BCUT2D eigenvalue weighted by Gasteiger charge is -2.33. The topological polar surface area (TPSA) is 226 Å². The summed E-state index contributed by atoms with van der Waals surface area (Å²) in [5.74, 6) is -5.29. The fourth-order valence-corrected chi connectivity index (χ4v) is 7.56. The van der Waals surface area contributed by atoms with Gasteiger partial charge in [-0.15, -0.1) is 0 Å². The van der Waals surface area contributed by atoms with Gasteiger partial charge in [0.25, 0.3) is 0 Å². The standard InChI is InChI=1S/C36H42N6O7S/c1-23-15-16-30(24(2)20-23)50(48,49)41-29(14-9-18-40-35(37)38)33(46)36(39,32(45)25-10-5-3-6-11-25)27-17-19-42(28-12-7-4-8-13-28)34(47)26(21-27)22-31(43)44/h3-8,10-13,15-16,20-21,26,29,41H,9,14,17-19,22,39H2,1-2H3,(H,43,44)(H4,37,38,40). The Labute approximate surface area is 291 Å². The molecule has 1 heterocycles. The van der Waals surface area contributed by atoms with E-state index < -0.39 is 57.4 Å². The van der Waals surface area contributed by atoms with Crippen LogP contribution < -0.4 is 26.4 Å². The number of carboxylic acid groups (broad SMARTS) is 1. The summed E-state index contributed by atoms with van der Waals surface area (Å²) in [6.45, 7) is 3.50. The van der Waals surface area contributed by atoms with E-state index in [9.17, 15) is 32.7 Å². The van der Waals surface area contributed by atoms with Crippen molar-refractivity contribution >= 4 is 45.1 Å². The van der Waals surface area contributed by atoms with Gasteiger partial charge in [0.1, 0.15) is 0 Å². The van der Waals surface area contributed by atoms with Crippen LogP contribution in [0, 0.1) is 25.2 Å². The minimum Gasteiger partial charge on any atom is -0.481 e. The average Bonchev–Trinajstić information content (AvgIpc) is 3.23. The highest BCUT2D eigenvalue weighted by atomic mass is 32.2. The molecule has 1 aliphatic rings. The number of carbonyl (C=O) groups excluding carboxylic acids is 3. The van der Waals surface area contributed by atoms with E-state index in [0.29, 0.717) is 11.3 Å². The number of sulfonamides is 1. The van der Waals surface area contributed by atoms with Crippen LogP contribution in [-0.2, 0) is 24.4 Å². The molecule has 3 aromatic rings. The molecule has 0 radical (unpaired) electrons. The van der Waals surface area contributed by atoms with Crippen LogP contribution in [0.5, 0.6) is 0 Å². The molecule has 1 aliphatic heterocycles. The summed E-state index contributed by atoms with van der Waals surface area (Å²) in [6.07, 6.45) is 0.535. The Hall–Kier alpha value is -5.18. The maximum Gasteiger partial charge on any atom is 0.304 e. The van der Waals surface area contributed by atoms with E-state index in [1.54, 1.807) is 67.6 Å². The zero-order chi connectivity index (χ0) is 36.6. The number of carbonyl (C=O) groups is 4. The maximum absolute atomic E-state index is 14.9. The third-order valence-corrected chi connectivity index (χ3v) is 10.2. The van der Waals surface area contributed by atoms with Crippen LogP contribution in [-0.4, -0.2) is 67.6 Å². The van der Waals surface area contributed by atoms with Crippen LogP contribution in [0.1, 0.15) is 47.2 Å². The number of nitrogens with one attached hydrogen (secondary N) is 3. The average molecular weight is 703 g/mol. The van der Waals surface area contributed by atoms with E-state index in [-0.39, 0.29) is 54.3 Å². The minimum absolute atomic E-state index is 0.00744. The predicted molar refractivity (Wildman–Crippen MR) is 189 cm³/mol. The van der Waals surface area contributed by atoms with Gasteiger partial charge in [0.05, 0.1) is 23.3 Å². The number of ketones is 2. The Bertz CT molecular complexity index is 1900. The third kappa shape index (κ3) is 8.69. The van der Waals surface area contributed by atoms with E-state index >= 15 is 0 Å². The molecule has 0 bridgehead atoms. The van der Waals surface area contributed by atoms with Gasteiger partial charge >= 0.3 is 5.97 Å². The lowest BCUT2D eigenvalue weighted by Crippen LogP contribution is -2.63. The number of Topliss-reactive ketones (excluding diaryl/α,β-unsaturated/α-hetero) is 2. The molecular formula is C36H42N6O7S. The van der Waals surface area contributed by atoms with E-state index in [1.807, 2.05) is 6.92 Å². The van der Waals surface area contributed by atoms with Crippen LogP contribution in [0.25, 0.3) is 0 Å². The lowest BCUT2D eigenvalue weighted by atomic mass is 9.74. The molecule has 0 fully saturated rings. The van der Waals surface area contributed by atoms with Gasteiger partial charge in [-0.05, 0) is 62.4 Å². The first-order valence-corrected chi connectivity index (χ1v) is 17.5. The first-order chi connectivity index (χ1) is 23.6. The van der Waals surface area contributed by atoms with Gasteiger partial charge in [0.15, 0.2) is 23.1 Å². The van der Waals surface area contributed by atoms with Crippen molar-refractivity contribution in [2.24, 2.45) is 17.4 Å². The molecule has 13 nitrogen and oxygen atoms in total. The van der Waals surface area contributed by atoms with Gasteiger partial charge in [-0.1, -0.05) is 72.3 Å². The molecule has 50 heavy (non-hydrogen) atoms. The summed E-state index contributed by atoms with van der Waals surface area (Å²) >= 11 is 0. The van der Waals surface area contributed by atoms with Crippen molar-refractivity contribution in [1.29, 1.82) is 5.41 Å². The molecule has 3 unspecified atom stereocenters. The maximum atomic E-state index is 14.9. The zero-order valence-electron chi connectivity index (χ0n) is 27.9. The fraction of sp³-hybridized carbons (Fsp3) is 0.306. The van der Waals surface area contributed by atoms with Gasteiger partial charge in [-0.25, -0.2) is 13.1 Å². The first kappa shape index (κ1) is 37.6. The van der Waals surface area contributed by atoms with Crippen molar-refractivity contribution in [3.63, 3.8) is 0 Å². The highest BCUT2D eigenvalue weighted by molar-refractivity contribution is 7.89. The molecule has 0 spiro atoms. The molecule has 0 aliphatic carbocycles. The summed E-state index contributed by atoms with van der Waals surface area (Å²) in [6, 6.07) is 19.5. The fourth-order valence-electron chi connectivity index (χ4n) is 6.10. The number of amides is 1. The van der Waals surface area contributed by atoms with E-state index in [2.05, 4.69) is 10.0 Å². The number of nitrogens with two attached hydrogens (primary N) is 2. The van der Waals surface area contributed by atoms with Gasteiger partial charge in [-0.3, -0.25) is 24.6 Å². The number of aliphatic carboxylic acids is 1. The SMILES string of the molecule is Cc1ccc(S(=O)(=O)NC(CCCNC(=N)N)C(=O)C(N)(C(=O)c2ccccc2)C2=CC(CC(=O)O)C(=O)N(c3ccccc3)CC2)c(C)c1. The van der Waals surface area contributed by atoms with Gasteiger partial charge in [0, 0.05) is 24.3 Å². The van der Waals surface area contributed by atoms with Crippen molar-refractivity contribution in [2.75, 3.05) is 18.0 Å². The van der Waals surface area contributed by atoms with Crippen molar-refractivity contribution in [3.05, 3.63) is 107 Å². The van der Waals surface area contributed by atoms with Crippen molar-refractivity contribution in [2.45, 2.75) is 56.0 Å². The molecule has 0 saturated carbocycles. The highest BCUT2D eigenvalue weighted by Crippen LogP contribution is 2.33. The second kappa shape index (κ2) is 16.0. The first-order valence-electron chi connectivity index (χ1n) is 16.0. The number of hydrogen-bond acceptors (Lipinski definition) is 8. The summed E-state index contributed by atoms with van der Waals surface area (Å²) in [4.78, 5) is 56.5. The van der Waals surface area contributed by atoms with E-state index in [4.69, 9.17) is 16.9 Å². The number of nitrogens with zero attached hydrogens (tertiary/aromatic N) is 1. The molecular weight excluding hydrogens is 660 g/mol. The highest BCUT2D eigenvalue weighted by Gasteiger charge is 2.50. The summed E-state index contributed by atoms with van der Waals surface area (Å²) in [5.41, 5.74) is 11.7. The quantitative estimate of drug-likeness (QED) is 0.0339. The summed E-state index contributed by atoms with van der Waals surface area (Å²) < 4.78 is 30.2. The Morgan fingerprint density at radius 3 is 2.28 bits per heavy atom. The molecule has 4 rings (SSSR count). The van der Waals surface area contributed by atoms with Crippen LogP contribution in [0.15, 0.2) is 95.4 Å². The Morgan fingerprint density at radius 1 is 1.04 bits per heavy atom. The van der Waals surface area contributed by atoms with Crippen LogP contribution in [0.2, 0.25) is 0 Å². The molecule has 3 atom stereocenters. The van der Waals surface area contributed by atoms with Crippen molar-refractivity contribution in [3.8, 4) is 0 Å². The number of benzene rings is 3. The monoisotopic (exact) mass is 702 g/mol. The van der Waals surface area contributed by atoms with Crippen LogP contribution >= 0.6 is 0 Å². The van der Waals surface area contributed by atoms with Crippen molar-refractivity contribution in [1.82, 2.24) is 10.0 Å². The van der Waals surface area contributed by atoms with Gasteiger partial charge in [-0.2, -0.15) is 0 Å². The van der Waals surface area contributed by atoms with Crippen LogP contribution in [0.3, 0.4) is 0 Å². The second-order valence-corrected chi connectivity index (χ2v) is 13.9. The molecule has 1 amide bonds. The molecule has 3 aromatic carbocycles. The molecule has 8 N–H and O–H groups in total. The second-order valence-electron chi connectivity index (χ2n) is 12.3. The molecule has 0 aromatic heterocycles. The summed E-state index contributed by atoms with van der Waals surface area (Å²) in [5, 5.41) is 19.9. The van der Waals surface area contributed by atoms with Gasteiger partial charge in [0.2, 0.25) is 15.9 Å². The minimum atomic E-state index is -4.36. The Kier molecular flexibility index (Phi) is 12.1. The predicted octanol–water partition coefficient (Wildman–Crippen LogP) is 2.82. The van der Waals surface area contributed by atoms with Crippen LogP contribution in [0.4, 0.5) is 5.69 Å². The number of carboxylic acids is 1. The van der Waals surface area contributed by atoms with Crippen molar-refractivity contribution < 1.29 is 32.7 Å². The number of guanidine groups is 1. The number of aryl methyl sites for hydroxylation is 2. The molecule has 264 valence electrons. The smallest absolute Gasteiger partial charge is 0.304 e. The third-order valence-electron chi connectivity index (χ3n) is 8.56. The Morgan fingerprint density at radius 2 is 1.68 bits per heavy atom. The lowest BCUT2D eigenvalue weighted by molar-refractivity contribution is -0.139. The summed E-state index contributed by atoms with van der Waals surface area (Å²) in [7, 11) is -4.36.